The van der Waals surface area contributed by atoms with Gasteiger partial charge in [-0.25, -0.2) is 4.79 Å². The van der Waals surface area contributed by atoms with Gasteiger partial charge in [0.15, 0.2) is 6.04 Å². The smallest absolute Gasteiger partial charge is 0.341 e. The molecule has 1 fully saturated rings. The van der Waals surface area contributed by atoms with Gasteiger partial charge < -0.3 is 14.4 Å². The Morgan fingerprint density at radius 3 is 2.72 bits per heavy atom. The van der Waals surface area contributed by atoms with Gasteiger partial charge in [-0.1, -0.05) is 0 Å². The fourth-order valence-corrected chi connectivity index (χ4v) is 2.51. The van der Waals surface area contributed by atoms with Gasteiger partial charge in [-0.15, -0.1) is 4.40 Å². The lowest BCUT2D eigenvalue weighted by atomic mass is 10.3. The summed E-state index contributed by atoms with van der Waals surface area (Å²) >= 11 is 0. The zero-order chi connectivity index (χ0) is 13.8. The molecule has 7 nitrogen and oxygen atoms in total. The van der Waals surface area contributed by atoms with Crippen LogP contribution in [0.25, 0.3) is 0 Å². The first kappa shape index (κ1) is 15.2. The van der Waals surface area contributed by atoms with Crippen molar-refractivity contribution in [2.75, 3.05) is 27.4 Å². The summed E-state index contributed by atoms with van der Waals surface area (Å²) in [6.45, 7) is 0.600. The largest absolute Gasteiger partial charge is 0.467 e. The SMILES string of the molecule is COCC(C(=O)OC)N1CCC/C1=N\S(=O)(=O)Cl. The summed E-state index contributed by atoms with van der Waals surface area (Å²) in [7, 11) is 3.79. The van der Waals surface area contributed by atoms with Crippen LogP contribution in [0.4, 0.5) is 0 Å². The zero-order valence-electron chi connectivity index (χ0n) is 10.1. The van der Waals surface area contributed by atoms with Gasteiger partial charge >= 0.3 is 15.2 Å². The van der Waals surface area contributed by atoms with Crippen LogP contribution in [0.3, 0.4) is 0 Å². The maximum atomic E-state index is 11.6. The molecule has 0 aromatic rings. The minimum absolute atomic E-state index is 0.0913. The number of rotatable bonds is 5. The normalized spacial score (nSPS) is 20.2. The van der Waals surface area contributed by atoms with E-state index in [9.17, 15) is 13.2 Å². The molecule has 1 heterocycles. The molecule has 1 saturated heterocycles. The fourth-order valence-electron chi connectivity index (χ4n) is 1.82. The molecule has 1 rings (SSSR count). The third kappa shape index (κ3) is 4.11. The first-order valence-corrected chi connectivity index (χ1v) is 7.52. The molecule has 1 unspecified atom stereocenters. The first-order valence-electron chi connectivity index (χ1n) is 5.26. The summed E-state index contributed by atoms with van der Waals surface area (Å²) in [5.41, 5.74) is 0. The van der Waals surface area contributed by atoms with Gasteiger partial charge in [-0.3, -0.25) is 0 Å². The van der Waals surface area contributed by atoms with Gasteiger partial charge in [-0.05, 0) is 6.42 Å². The predicted molar refractivity (Wildman–Crippen MR) is 65.8 cm³/mol. The van der Waals surface area contributed by atoms with E-state index in [4.69, 9.17) is 15.4 Å². The molecule has 0 bridgehead atoms. The Morgan fingerprint density at radius 1 is 1.56 bits per heavy atom. The van der Waals surface area contributed by atoms with Crippen LogP contribution < -0.4 is 0 Å². The van der Waals surface area contributed by atoms with Gasteiger partial charge in [0.2, 0.25) is 0 Å². The molecule has 0 spiro atoms. The van der Waals surface area contributed by atoms with Crippen molar-refractivity contribution in [1.82, 2.24) is 4.90 Å². The van der Waals surface area contributed by atoms with Crippen molar-refractivity contribution < 1.29 is 22.7 Å². The van der Waals surface area contributed by atoms with Crippen LogP contribution >= 0.6 is 10.7 Å². The highest BCUT2D eigenvalue weighted by Gasteiger charge is 2.33. The van der Waals surface area contributed by atoms with E-state index in [0.717, 1.165) is 0 Å². The van der Waals surface area contributed by atoms with E-state index < -0.39 is 21.2 Å². The highest BCUT2D eigenvalue weighted by molar-refractivity contribution is 8.12. The van der Waals surface area contributed by atoms with Crippen LogP contribution in [0.1, 0.15) is 12.8 Å². The van der Waals surface area contributed by atoms with Crippen LogP contribution in [0.5, 0.6) is 0 Å². The minimum Gasteiger partial charge on any atom is -0.467 e. The van der Waals surface area contributed by atoms with Gasteiger partial charge in [0.25, 0.3) is 0 Å². The summed E-state index contributed by atoms with van der Waals surface area (Å²) < 4.78 is 34.9. The van der Waals surface area contributed by atoms with E-state index in [1.807, 2.05) is 0 Å². The van der Waals surface area contributed by atoms with E-state index in [2.05, 4.69) is 9.13 Å². The lowest BCUT2D eigenvalue weighted by Gasteiger charge is -2.26. The number of esters is 1. The molecular weight excluding hydrogens is 284 g/mol. The van der Waals surface area contributed by atoms with Gasteiger partial charge in [0, 0.05) is 30.8 Å². The fraction of sp³-hybridized carbons (Fsp3) is 0.778. The van der Waals surface area contributed by atoms with Crippen LogP contribution in [0.2, 0.25) is 0 Å². The molecule has 1 aliphatic rings. The molecule has 0 aromatic carbocycles. The number of carbonyl (C=O) groups is 1. The minimum atomic E-state index is -4.00. The van der Waals surface area contributed by atoms with Crippen molar-refractivity contribution in [1.29, 1.82) is 0 Å². The van der Waals surface area contributed by atoms with Gasteiger partial charge in [-0.2, -0.15) is 8.42 Å². The molecule has 0 amide bonds. The lowest BCUT2D eigenvalue weighted by molar-refractivity contribution is -0.147. The van der Waals surface area contributed by atoms with Crippen molar-refractivity contribution in [3.63, 3.8) is 0 Å². The molecule has 0 radical (unpaired) electrons. The zero-order valence-corrected chi connectivity index (χ0v) is 11.7. The molecular formula is C9H15ClN2O5S. The quantitative estimate of drug-likeness (QED) is 0.531. The summed E-state index contributed by atoms with van der Waals surface area (Å²) in [4.78, 5) is 13.2. The van der Waals surface area contributed by atoms with Gasteiger partial charge in [0.05, 0.1) is 13.7 Å². The number of ether oxygens (including phenoxy) is 2. The Balaban J connectivity index is 2.97. The second-order valence-electron chi connectivity index (χ2n) is 3.71. The van der Waals surface area contributed by atoms with E-state index in [1.54, 1.807) is 4.90 Å². The first-order chi connectivity index (χ1) is 8.39. The molecule has 0 aliphatic carbocycles. The Labute approximate surface area is 110 Å². The summed E-state index contributed by atoms with van der Waals surface area (Å²) in [5, 5.41) is 0. The highest BCUT2D eigenvalue weighted by Crippen LogP contribution is 2.18. The number of likely N-dealkylation sites (tertiary alicyclic amines) is 1. The average molecular weight is 299 g/mol. The number of nitrogens with zero attached hydrogens (tertiary/aromatic N) is 2. The van der Waals surface area contributed by atoms with Crippen LogP contribution in [0, 0.1) is 0 Å². The summed E-state index contributed by atoms with van der Waals surface area (Å²) in [6, 6.07) is -0.709. The number of amidine groups is 1. The van der Waals surface area contributed by atoms with E-state index in [-0.39, 0.29) is 12.4 Å². The Bertz CT molecular complexity index is 436. The van der Waals surface area contributed by atoms with Crippen molar-refractivity contribution >= 4 is 31.7 Å². The summed E-state index contributed by atoms with van der Waals surface area (Å²) in [6.07, 6.45) is 1.14. The van der Waals surface area contributed by atoms with Crippen LogP contribution in [-0.2, 0) is 23.5 Å². The lowest BCUT2D eigenvalue weighted by Crippen LogP contribution is -2.45. The van der Waals surface area contributed by atoms with Crippen molar-refractivity contribution in [2.24, 2.45) is 4.40 Å². The van der Waals surface area contributed by atoms with E-state index in [1.165, 1.54) is 14.2 Å². The van der Waals surface area contributed by atoms with Crippen molar-refractivity contribution in [3.05, 3.63) is 0 Å². The third-order valence-electron chi connectivity index (χ3n) is 2.52. The Morgan fingerprint density at radius 2 is 2.22 bits per heavy atom. The molecule has 0 aromatic heterocycles. The topological polar surface area (TPSA) is 85.3 Å². The molecule has 1 atom stereocenters. The number of methoxy groups -OCH3 is 2. The maximum absolute atomic E-state index is 11.6. The van der Waals surface area contributed by atoms with Crippen molar-refractivity contribution in [2.45, 2.75) is 18.9 Å². The molecule has 9 heteroatoms. The third-order valence-corrected chi connectivity index (χ3v) is 3.16. The number of halogens is 1. The highest BCUT2D eigenvalue weighted by atomic mass is 35.7. The number of hydrogen-bond donors (Lipinski definition) is 0. The Hall–Kier alpha value is -0.860. The van der Waals surface area contributed by atoms with Crippen LogP contribution in [-0.4, -0.2) is 58.5 Å². The molecule has 0 saturated carbocycles. The average Bonchev–Trinajstić information content (AvgIpc) is 2.70. The number of carbonyl (C=O) groups excluding carboxylic acids is 1. The second-order valence-corrected chi connectivity index (χ2v) is 5.89. The summed E-state index contributed by atoms with van der Waals surface area (Å²) in [5.74, 6) is -0.240. The standard InChI is InChI=1S/C9H15ClN2O5S/c1-16-6-7(9(13)17-2)12-5-3-4-8(12)11-18(10,14)15/h7H,3-6H2,1-2H3/b11-8+. The van der Waals surface area contributed by atoms with Gasteiger partial charge in [0.1, 0.15) is 5.84 Å². The molecule has 104 valence electrons. The second kappa shape index (κ2) is 6.35. The van der Waals surface area contributed by atoms with Crippen molar-refractivity contribution in [3.8, 4) is 0 Å². The van der Waals surface area contributed by atoms with E-state index >= 15 is 0 Å². The molecule has 0 N–H and O–H groups in total. The maximum Gasteiger partial charge on any atom is 0.341 e. The Kier molecular flexibility index (Phi) is 5.36. The monoisotopic (exact) mass is 298 g/mol. The number of hydrogen-bond acceptors (Lipinski definition) is 5. The molecule has 1 aliphatic heterocycles. The van der Waals surface area contributed by atoms with Crippen LogP contribution in [0.15, 0.2) is 4.40 Å². The molecule has 18 heavy (non-hydrogen) atoms. The van der Waals surface area contributed by atoms with E-state index in [0.29, 0.717) is 19.4 Å². The predicted octanol–water partition coefficient (Wildman–Crippen LogP) is 0.152.